The number of hydrogen-bond donors (Lipinski definition) is 0. The zero-order valence-electron chi connectivity index (χ0n) is 14.8. The first kappa shape index (κ1) is 36.0. The highest BCUT2D eigenvalue weighted by Crippen LogP contribution is 2.26. The molecule has 3 aromatic rings. The third-order valence-corrected chi connectivity index (χ3v) is 11.4. The van der Waals surface area contributed by atoms with Gasteiger partial charge < -0.3 is 14.1 Å². The van der Waals surface area contributed by atoms with E-state index < -0.39 is 0 Å². The van der Waals surface area contributed by atoms with Gasteiger partial charge in [0.25, 0.3) is 88.9 Å². The highest BCUT2D eigenvalue weighted by atomic mass is 80.0. The van der Waals surface area contributed by atoms with Crippen LogP contribution in [0.3, 0.4) is 0 Å². The summed E-state index contributed by atoms with van der Waals surface area (Å²) in [4.78, 5) is 3.83. The van der Waals surface area contributed by atoms with Crippen molar-refractivity contribution in [2.45, 2.75) is 14.7 Å². The van der Waals surface area contributed by atoms with Crippen molar-refractivity contribution in [2.24, 2.45) is 0 Å². The van der Waals surface area contributed by atoms with Crippen LogP contribution in [0.2, 0.25) is 0 Å². The predicted molar refractivity (Wildman–Crippen MR) is 150 cm³/mol. The monoisotopic (exact) mass is 858 g/mol. The lowest BCUT2D eigenvalue weighted by atomic mass is 10.4. The molecule has 0 saturated heterocycles. The molecule has 0 aliphatic rings. The quantitative estimate of drug-likeness (QED) is 0.344. The zero-order chi connectivity index (χ0) is 20.1. The smallest absolute Gasteiger partial charge is 0.253 e. The normalized spacial score (nSPS) is 9.10. The maximum Gasteiger partial charge on any atom is 0.253 e. The van der Waals surface area contributed by atoms with E-state index in [1.165, 1.54) is 14.7 Å². The van der Waals surface area contributed by atoms with Crippen molar-refractivity contribution in [1.82, 2.24) is 0 Å². The Kier molecular flexibility index (Phi) is 26.6. The van der Waals surface area contributed by atoms with Crippen LogP contribution in [0.1, 0.15) is 0 Å². The molecule has 0 unspecified atom stereocenters. The van der Waals surface area contributed by atoms with E-state index in [1.54, 1.807) is 0 Å². The van der Waals surface area contributed by atoms with Crippen molar-refractivity contribution in [2.75, 3.05) is 0 Å². The summed E-state index contributed by atoms with van der Waals surface area (Å²) in [6.45, 7) is 0. The van der Waals surface area contributed by atoms with Gasteiger partial charge in [0.05, 0.1) is 0 Å². The lowest BCUT2D eigenvalue weighted by Crippen LogP contribution is -3.00. The van der Waals surface area contributed by atoms with Crippen LogP contribution in [0.4, 0.5) is 0 Å². The van der Waals surface area contributed by atoms with Crippen LogP contribution < -0.4 is 14.1 Å². The molecular weight excluding hydrogens is 849 g/mol. The second-order valence-electron chi connectivity index (χ2n) is 4.58. The van der Waals surface area contributed by atoms with Gasteiger partial charge >= 0.3 is 0 Å². The summed E-state index contributed by atoms with van der Waals surface area (Å²) in [5.74, 6) is 0. The van der Waals surface area contributed by atoms with Gasteiger partial charge in [-0.3, -0.25) is 0 Å². The minimum atomic E-state index is 0. The number of rotatable bonds is 3. The van der Waals surface area contributed by atoms with Gasteiger partial charge in [-0.25, -0.2) is 0 Å². The van der Waals surface area contributed by atoms with E-state index in [2.05, 4.69) is 125 Å². The lowest BCUT2D eigenvalue weighted by molar-refractivity contribution is -0.00100. The average Bonchev–Trinajstić information content (AvgIpc) is 2.71. The lowest BCUT2D eigenvalue weighted by Gasteiger charge is -1.85. The first-order valence-electron chi connectivity index (χ1n) is 7.27. The summed E-state index contributed by atoms with van der Waals surface area (Å²) < 4.78 is 0. The van der Waals surface area contributed by atoms with Gasteiger partial charge in [-0.1, -0.05) is 54.6 Å². The third kappa shape index (κ3) is 16.9. The minimum absolute atomic E-state index is 0. The molecule has 3 rings (SSSR count). The SMILES string of the molecule is Br[S+](Br)c1ccccc1.Br[S+](Br)c1ccccc1.Br[S+](Br)c1ccccc1.[F-].[F-].[F-]. The van der Waals surface area contributed by atoms with Crippen LogP contribution in [0.25, 0.3) is 0 Å². The third-order valence-electron chi connectivity index (χ3n) is 2.76. The van der Waals surface area contributed by atoms with Gasteiger partial charge in [0, 0.05) is 0 Å². The molecule has 3 aromatic carbocycles. The average molecular weight is 864 g/mol. The first-order valence-corrected chi connectivity index (χ1v) is 22.0. The standard InChI is InChI=1S/3C6H5Br2S.3FH/c3*7-9(8)6-4-2-1-3-5-6;;;/h3*1-5H;3*1H/q3*+1;;;/p-3. The van der Waals surface area contributed by atoms with Crippen molar-refractivity contribution < 1.29 is 14.1 Å². The van der Waals surface area contributed by atoms with Crippen molar-refractivity contribution in [1.29, 1.82) is 0 Å². The second-order valence-corrected chi connectivity index (χ2v) is 26.7. The Bertz CT molecular complexity index is 639. The van der Waals surface area contributed by atoms with Gasteiger partial charge in [-0.05, 0) is 36.4 Å². The Morgan fingerprint density at radius 1 is 0.333 bits per heavy atom. The van der Waals surface area contributed by atoms with E-state index in [-0.39, 0.29) is 37.4 Å². The van der Waals surface area contributed by atoms with Crippen molar-refractivity contribution in [3.8, 4) is 0 Å². The molecule has 30 heavy (non-hydrogen) atoms. The fourth-order valence-corrected chi connectivity index (χ4v) is 6.54. The highest BCUT2D eigenvalue weighted by Gasteiger charge is 2.14. The molecule has 0 aliphatic carbocycles. The fraction of sp³-hybridized carbons (Fsp3) is 0. The molecular formula is C18H15Br6F3S3. The van der Waals surface area contributed by atoms with Gasteiger partial charge in [0.15, 0.2) is 38.0 Å². The van der Waals surface area contributed by atoms with Gasteiger partial charge in [-0.15, -0.1) is 0 Å². The molecule has 0 amide bonds. The molecule has 0 heterocycles. The first-order chi connectivity index (χ1) is 12.9. The molecule has 0 N–H and O–H groups in total. The van der Waals surface area contributed by atoms with Gasteiger partial charge in [0.1, 0.15) is 0 Å². The maximum absolute atomic E-state index is 3.43. The summed E-state index contributed by atoms with van der Waals surface area (Å²) in [5, 5.41) is 0. The fourth-order valence-electron chi connectivity index (χ4n) is 1.57. The van der Waals surface area contributed by atoms with E-state index >= 15 is 0 Å². The number of hydrogen-bond acceptors (Lipinski definition) is 0. The van der Waals surface area contributed by atoms with Crippen LogP contribution >= 0.6 is 88.9 Å². The Morgan fingerprint density at radius 2 is 0.500 bits per heavy atom. The Morgan fingerprint density at radius 3 is 0.600 bits per heavy atom. The molecule has 0 atom stereocenters. The van der Waals surface area contributed by atoms with Crippen LogP contribution in [0.15, 0.2) is 106 Å². The summed E-state index contributed by atoms with van der Waals surface area (Å²) in [7, 11) is 0.138. The molecule has 0 radical (unpaired) electrons. The van der Waals surface area contributed by atoms with Gasteiger partial charge in [0.2, 0.25) is 0 Å². The van der Waals surface area contributed by atoms with Crippen LogP contribution in [0, 0.1) is 0 Å². The maximum atomic E-state index is 3.43. The van der Waals surface area contributed by atoms with Crippen LogP contribution in [0.5, 0.6) is 0 Å². The molecule has 12 heteroatoms. The van der Waals surface area contributed by atoms with E-state index in [1.807, 2.05) is 54.6 Å². The van der Waals surface area contributed by atoms with Crippen molar-refractivity contribution in [3.05, 3.63) is 91.0 Å². The molecule has 0 bridgehead atoms. The second kappa shape index (κ2) is 22.2. The highest BCUT2D eigenvalue weighted by molar-refractivity contribution is 9.81. The number of benzene rings is 3. The number of halogens is 9. The molecule has 168 valence electrons. The van der Waals surface area contributed by atoms with E-state index in [0.717, 1.165) is 0 Å². The predicted octanol–water partition coefficient (Wildman–Crippen LogP) is 0.863. The molecule has 0 saturated carbocycles. The molecule has 0 spiro atoms. The molecule has 0 aliphatic heterocycles. The Hall–Kier alpha value is 1.38. The molecule has 0 nitrogen and oxygen atoms in total. The summed E-state index contributed by atoms with van der Waals surface area (Å²) in [6, 6.07) is 30.6. The summed E-state index contributed by atoms with van der Waals surface area (Å²) in [5.41, 5.74) is 0. The van der Waals surface area contributed by atoms with Crippen molar-refractivity contribution >= 4 is 112 Å². The van der Waals surface area contributed by atoms with Crippen LogP contribution in [-0.4, -0.2) is 0 Å². The molecule has 0 aromatic heterocycles. The zero-order valence-corrected chi connectivity index (χ0v) is 26.8. The largest absolute Gasteiger partial charge is 1.00 e. The summed E-state index contributed by atoms with van der Waals surface area (Å²) >= 11 is 20.6. The topological polar surface area (TPSA) is 0 Å². The Balaban J connectivity index is -0.000000347. The van der Waals surface area contributed by atoms with E-state index in [4.69, 9.17) is 0 Å². The summed E-state index contributed by atoms with van der Waals surface area (Å²) in [6.07, 6.45) is 0. The Labute approximate surface area is 229 Å². The minimum Gasteiger partial charge on any atom is -1.00 e. The van der Waals surface area contributed by atoms with Crippen molar-refractivity contribution in [3.63, 3.8) is 0 Å². The van der Waals surface area contributed by atoms with E-state index in [0.29, 0.717) is 0 Å². The molecule has 0 fully saturated rings. The van der Waals surface area contributed by atoms with E-state index in [9.17, 15) is 0 Å². The van der Waals surface area contributed by atoms with Gasteiger partial charge in [-0.2, -0.15) is 0 Å². The van der Waals surface area contributed by atoms with Crippen LogP contribution in [-0.2, 0) is 23.3 Å².